The van der Waals surface area contributed by atoms with Crippen LogP contribution in [0.1, 0.15) is 20.9 Å². The molecule has 0 bridgehead atoms. The van der Waals surface area contributed by atoms with E-state index >= 15 is 0 Å². The smallest absolute Gasteiger partial charge is 0.447 e. The highest BCUT2D eigenvalue weighted by Gasteiger charge is 2.38. The number of aromatic nitrogens is 2. The molecule has 0 radical (unpaired) electrons. The van der Waals surface area contributed by atoms with E-state index in [1.807, 2.05) is 31.3 Å². The van der Waals surface area contributed by atoms with Gasteiger partial charge >= 0.3 is 6.85 Å². The Hall–Kier alpha value is -3.34. The number of aryl methyl sites for hydroxylation is 3. The summed E-state index contributed by atoms with van der Waals surface area (Å²) in [6, 6.07) is 15.9. The summed E-state index contributed by atoms with van der Waals surface area (Å²) in [7, 11) is 2.04. The molecule has 0 saturated carbocycles. The van der Waals surface area contributed by atoms with Gasteiger partial charge in [0, 0.05) is 32.4 Å². The van der Waals surface area contributed by atoms with Crippen molar-refractivity contribution in [1.29, 1.82) is 0 Å². The van der Waals surface area contributed by atoms with Crippen LogP contribution < -0.4 is 15.0 Å². The first kappa shape index (κ1) is 14.6. The Morgan fingerprint density at radius 1 is 1.17 bits per heavy atom. The quantitative estimate of drug-likeness (QED) is 0.383. The Kier molecular flexibility index (Phi) is 3.34. The van der Waals surface area contributed by atoms with E-state index in [2.05, 4.69) is 58.7 Å². The molecule has 0 saturated heterocycles. The van der Waals surface area contributed by atoms with E-state index < -0.39 is 6.85 Å². The zero-order chi connectivity index (χ0) is 22.6. The van der Waals surface area contributed by atoms with Gasteiger partial charge in [-0.1, -0.05) is 30.3 Å². The Morgan fingerprint density at radius 2 is 2.00 bits per heavy atom. The van der Waals surface area contributed by atoms with Gasteiger partial charge in [-0.15, -0.1) is 0 Å². The molecule has 4 nitrogen and oxygen atoms in total. The van der Waals surface area contributed by atoms with Gasteiger partial charge in [-0.3, -0.25) is 4.81 Å². The number of anilines is 1. The zero-order valence-electron chi connectivity index (χ0n) is 19.7. The predicted molar refractivity (Wildman–Crippen MR) is 119 cm³/mol. The number of rotatable bonds is 2. The number of nitrogens with zero attached hydrogens (tertiary/aromatic N) is 3. The maximum Gasteiger partial charge on any atom is 0.447 e. The van der Waals surface area contributed by atoms with Gasteiger partial charge in [-0.25, -0.2) is 9.55 Å². The van der Waals surface area contributed by atoms with Crippen LogP contribution >= 0.6 is 0 Å². The Morgan fingerprint density at radius 3 is 2.79 bits per heavy atom. The van der Waals surface area contributed by atoms with Crippen molar-refractivity contribution in [2.24, 2.45) is 7.05 Å². The summed E-state index contributed by atoms with van der Waals surface area (Å²) < 4.78 is 31.1. The number of hydrogen-bond acceptors (Lipinski definition) is 3. The van der Waals surface area contributed by atoms with E-state index in [1.165, 1.54) is 16.7 Å². The van der Waals surface area contributed by atoms with Crippen molar-refractivity contribution in [2.75, 3.05) is 4.81 Å². The molecule has 4 aromatic rings. The minimum Gasteiger partial charge on any atom is -0.447 e. The highest BCUT2D eigenvalue weighted by molar-refractivity contribution is 6.76. The topological polar surface area (TPSA) is 33.2 Å². The van der Waals surface area contributed by atoms with E-state index in [-0.39, 0.29) is 12.5 Å². The second-order valence-corrected chi connectivity index (χ2v) is 7.53. The molecule has 1 aromatic carbocycles. The molecule has 4 heterocycles. The fourth-order valence-electron chi connectivity index (χ4n) is 4.09. The first-order chi connectivity index (χ1) is 15.2. The van der Waals surface area contributed by atoms with Gasteiger partial charge in [0.15, 0.2) is 0 Å². The van der Waals surface area contributed by atoms with Gasteiger partial charge in [0.1, 0.15) is 5.66 Å². The Balaban J connectivity index is 1.55. The van der Waals surface area contributed by atoms with Crippen LogP contribution in [0.5, 0.6) is 0 Å². The highest BCUT2D eigenvalue weighted by atomic mass is 16.3. The van der Waals surface area contributed by atoms with Crippen LogP contribution in [0.3, 0.4) is 0 Å². The minimum absolute atomic E-state index is 0.0445. The largest absolute Gasteiger partial charge is 0.447 e. The summed E-state index contributed by atoms with van der Waals surface area (Å²) in [5.41, 5.74) is 5.70. The van der Waals surface area contributed by atoms with Crippen LogP contribution in [-0.4, -0.2) is 11.8 Å². The van der Waals surface area contributed by atoms with Crippen molar-refractivity contribution >= 4 is 35.5 Å². The molecule has 0 unspecified atom stereocenters. The SMILES string of the molecule is [2H]C([2H])([2H])c1ccc2c3c(oc2n1)B(C)N(c1cc(C)c(-c2ccccc2)c[n+]1C)C=C3. The summed E-state index contributed by atoms with van der Waals surface area (Å²) in [6.07, 6.45) is 6.22. The molecule has 1 aliphatic rings. The number of pyridine rings is 2. The van der Waals surface area contributed by atoms with Crippen LogP contribution in [0.15, 0.2) is 65.3 Å². The molecule has 0 spiro atoms. The summed E-state index contributed by atoms with van der Waals surface area (Å²) >= 11 is 0. The third-order valence-corrected chi connectivity index (χ3v) is 5.62. The third-order valence-electron chi connectivity index (χ3n) is 5.62. The molecule has 0 fully saturated rings. The number of benzene rings is 1. The normalized spacial score (nSPS) is 15.2. The fraction of sp³-hybridized carbons (Fsp3) is 0.167. The minimum atomic E-state index is -2.26. The fourth-order valence-corrected chi connectivity index (χ4v) is 4.09. The standard InChI is InChI=1S/C24H23BN3O/c1-16-14-22(27(4)15-21(16)18-8-6-5-7-9-18)28-13-12-19-20-11-10-17(2)26-24(20)29-23(19)25(28)3/h5-15H,1-4H3/q+1/i2D3. The molecular weight excluding hydrogens is 357 g/mol. The van der Waals surface area contributed by atoms with Crippen molar-refractivity contribution in [3.8, 4) is 11.1 Å². The van der Waals surface area contributed by atoms with Crippen LogP contribution in [0.25, 0.3) is 28.3 Å². The molecule has 0 amide bonds. The lowest BCUT2D eigenvalue weighted by atomic mass is 9.58. The summed E-state index contributed by atoms with van der Waals surface area (Å²) in [5, 5.41) is 0.829. The molecule has 5 rings (SSSR count). The number of hydrogen-bond donors (Lipinski definition) is 0. The lowest BCUT2D eigenvalue weighted by Gasteiger charge is -2.22. The molecule has 0 aliphatic carbocycles. The third kappa shape index (κ3) is 2.85. The van der Waals surface area contributed by atoms with Gasteiger partial charge in [0.05, 0.1) is 19.4 Å². The van der Waals surface area contributed by atoms with Gasteiger partial charge in [0.25, 0.3) is 5.82 Å². The Labute approximate surface area is 175 Å². The first-order valence-electron chi connectivity index (χ1n) is 11.2. The lowest BCUT2D eigenvalue weighted by Crippen LogP contribution is -2.50. The van der Waals surface area contributed by atoms with Crippen LogP contribution in [0.2, 0.25) is 6.82 Å². The van der Waals surface area contributed by atoms with Crippen molar-refractivity contribution < 1.29 is 13.1 Å². The average Bonchev–Trinajstić information content (AvgIpc) is 3.14. The van der Waals surface area contributed by atoms with E-state index in [9.17, 15) is 0 Å². The molecule has 3 aromatic heterocycles. The summed E-state index contributed by atoms with van der Waals surface area (Å²) in [6.45, 7) is 1.86. The second-order valence-electron chi connectivity index (χ2n) is 7.53. The van der Waals surface area contributed by atoms with Crippen molar-refractivity contribution in [3.63, 3.8) is 0 Å². The van der Waals surface area contributed by atoms with Crippen LogP contribution in [-0.2, 0) is 7.05 Å². The molecular formula is C24H23BN3O+. The van der Waals surface area contributed by atoms with Gasteiger partial charge < -0.3 is 4.42 Å². The van der Waals surface area contributed by atoms with Crippen molar-refractivity contribution in [3.05, 3.63) is 77.7 Å². The van der Waals surface area contributed by atoms with E-state index in [1.54, 1.807) is 12.1 Å². The second kappa shape index (κ2) is 6.62. The molecule has 142 valence electrons. The maximum atomic E-state index is 7.62. The van der Waals surface area contributed by atoms with Gasteiger partial charge in [-0.05, 0) is 49.9 Å². The molecule has 5 heteroatoms. The number of furan rings is 1. The van der Waals surface area contributed by atoms with E-state index in [4.69, 9.17) is 8.53 Å². The monoisotopic (exact) mass is 383 g/mol. The summed E-state index contributed by atoms with van der Waals surface area (Å²) in [4.78, 5) is 6.44. The van der Waals surface area contributed by atoms with E-state index in [0.717, 1.165) is 22.4 Å². The van der Waals surface area contributed by atoms with Gasteiger partial charge in [0.2, 0.25) is 5.71 Å². The van der Waals surface area contributed by atoms with Crippen molar-refractivity contribution in [2.45, 2.75) is 20.6 Å². The zero-order valence-corrected chi connectivity index (χ0v) is 16.7. The van der Waals surface area contributed by atoms with Gasteiger partial charge in [-0.2, -0.15) is 0 Å². The highest BCUT2D eigenvalue weighted by Crippen LogP contribution is 2.28. The maximum absolute atomic E-state index is 7.62. The number of fused-ring (bicyclic) bond motifs is 3. The molecule has 29 heavy (non-hydrogen) atoms. The van der Waals surface area contributed by atoms with E-state index in [0.29, 0.717) is 5.71 Å². The Bertz CT molecular complexity index is 1360. The molecule has 0 N–H and O–H groups in total. The average molecular weight is 383 g/mol. The van der Waals surface area contributed by atoms with Crippen molar-refractivity contribution in [1.82, 2.24) is 4.98 Å². The molecule has 0 atom stereocenters. The lowest BCUT2D eigenvalue weighted by molar-refractivity contribution is -0.657. The first-order valence-corrected chi connectivity index (χ1v) is 9.70. The van der Waals surface area contributed by atoms with Crippen LogP contribution in [0.4, 0.5) is 5.82 Å². The van der Waals surface area contributed by atoms with Crippen LogP contribution in [0, 0.1) is 13.8 Å². The summed E-state index contributed by atoms with van der Waals surface area (Å²) in [5.74, 6) is 1.04. The molecule has 1 aliphatic heterocycles. The predicted octanol–water partition coefficient (Wildman–Crippen LogP) is 4.26.